The molecule has 1 atom stereocenters. The van der Waals surface area contributed by atoms with Crippen molar-refractivity contribution in [2.75, 3.05) is 0 Å². The normalized spacial score (nSPS) is 16.1. The number of ether oxygens (including phenoxy) is 1. The van der Waals surface area contributed by atoms with E-state index >= 15 is 0 Å². The molecule has 2 N–H and O–H groups in total. The lowest BCUT2D eigenvalue weighted by Crippen LogP contribution is -2.47. The Bertz CT molecular complexity index is 556. The summed E-state index contributed by atoms with van der Waals surface area (Å²) in [6.07, 6.45) is 3.45. The summed E-state index contributed by atoms with van der Waals surface area (Å²) < 4.78 is 6.37. The average molecular weight is 369 g/mol. The van der Waals surface area contributed by atoms with Crippen LogP contribution < -0.4 is 15.4 Å². The monoisotopic (exact) mass is 368 g/mol. The van der Waals surface area contributed by atoms with Gasteiger partial charge in [0.15, 0.2) is 6.10 Å². The highest BCUT2D eigenvalue weighted by Gasteiger charge is 2.21. The van der Waals surface area contributed by atoms with Crippen molar-refractivity contribution in [3.05, 3.63) is 28.2 Å². The maximum atomic E-state index is 12.0. The fraction of sp³-hybridized carbons (Fsp3) is 0.500. The Labute approximate surface area is 138 Å². The Kier molecular flexibility index (Phi) is 5.83. The zero-order chi connectivity index (χ0) is 16.1. The summed E-state index contributed by atoms with van der Waals surface area (Å²) in [6, 6.07) is 5.33. The van der Waals surface area contributed by atoms with Crippen molar-refractivity contribution in [2.45, 2.75) is 51.7 Å². The van der Waals surface area contributed by atoms with Gasteiger partial charge in [0.25, 0.3) is 5.91 Å². The minimum atomic E-state index is -0.756. The molecule has 0 heterocycles. The number of carbonyl (C=O) groups is 2. The molecule has 0 bridgehead atoms. The van der Waals surface area contributed by atoms with Gasteiger partial charge in [-0.25, -0.2) is 4.79 Å². The lowest BCUT2D eigenvalue weighted by Gasteiger charge is -2.17. The predicted octanol–water partition coefficient (Wildman–Crippen LogP) is 3.29. The van der Waals surface area contributed by atoms with Gasteiger partial charge in [-0.1, -0.05) is 18.9 Å². The fourth-order valence-electron chi connectivity index (χ4n) is 2.45. The molecule has 1 aliphatic rings. The highest BCUT2D eigenvalue weighted by molar-refractivity contribution is 9.10. The first-order valence-corrected chi connectivity index (χ1v) is 8.29. The molecular weight excluding hydrogens is 348 g/mol. The molecule has 6 heteroatoms. The molecule has 1 fully saturated rings. The van der Waals surface area contributed by atoms with Gasteiger partial charge in [-0.2, -0.15) is 0 Å². The van der Waals surface area contributed by atoms with Crippen molar-refractivity contribution in [2.24, 2.45) is 0 Å². The van der Waals surface area contributed by atoms with E-state index in [2.05, 4.69) is 26.6 Å². The third kappa shape index (κ3) is 4.73. The van der Waals surface area contributed by atoms with Gasteiger partial charge < -0.3 is 10.1 Å². The summed E-state index contributed by atoms with van der Waals surface area (Å²) in [5, 5.41) is 5.14. The molecular formula is C16H21BrN2O3. The molecule has 1 saturated carbocycles. The number of aryl methyl sites for hydroxylation is 1. The van der Waals surface area contributed by atoms with E-state index in [0.29, 0.717) is 5.75 Å². The summed E-state index contributed by atoms with van der Waals surface area (Å²) in [7, 11) is 0. The first-order valence-electron chi connectivity index (χ1n) is 7.50. The molecule has 0 spiro atoms. The first kappa shape index (κ1) is 16.8. The van der Waals surface area contributed by atoms with E-state index in [4.69, 9.17) is 4.74 Å². The van der Waals surface area contributed by atoms with Gasteiger partial charge in [0.1, 0.15) is 5.75 Å². The minimum Gasteiger partial charge on any atom is -0.480 e. The van der Waals surface area contributed by atoms with E-state index in [-0.39, 0.29) is 6.04 Å². The van der Waals surface area contributed by atoms with Crippen LogP contribution in [0.15, 0.2) is 22.7 Å². The van der Waals surface area contributed by atoms with E-state index in [1.807, 2.05) is 19.1 Å². The van der Waals surface area contributed by atoms with Crippen LogP contribution in [-0.2, 0) is 4.79 Å². The number of hydrogen-bond donors (Lipinski definition) is 2. The topological polar surface area (TPSA) is 67.4 Å². The van der Waals surface area contributed by atoms with Gasteiger partial charge in [0.2, 0.25) is 0 Å². The maximum Gasteiger partial charge on any atom is 0.321 e. The number of rotatable bonds is 4. The van der Waals surface area contributed by atoms with Gasteiger partial charge in [-0.15, -0.1) is 0 Å². The number of carbonyl (C=O) groups excluding carboxylic acids is 2. The van der Waals surface area contributed by atoms with E-state index < -0.39 is 18.0 Å². The van der Waals surface area contributed by atoms with E-state index in [1.54, 1.807) is 13.0 Å². The zero-order valence-corrected chi connectivity index (χ0v) is 14.4. The van der Waals surface area contributed by atoms with Crippen LogP contribution in [0, 0.1) is 6.92 Å². The number of benzene rings is 1. The summed E-state index contributed by atoms with van der Waals surface area (Å²) in [5.41, 5.74) is 1.09. The third-order valence-corrected chi connectivity index (χ3v) is 4.31. The average Bonchev–Trinajstić information content (AvgIpc) is 2.94. The van der Waals surface area contributed by atoms with Crippen molar-refractivity contribution in [3.63, 3.8) is 0 Å². The lowest BCUT2D eigenvalue weighted by molar-refractivity contribution is -0.126. The highest BCUT2D eigenvalue weighted by Crippen LogP contribution is 2.26. The standard InChI is InChI=1S/C16H21BrN2O3/c1-10-7-8-14(13(17)9-10)22-11(2)15(20)19-16(21)18-12-5-3-4-6-12/h7-9,11-12H,3-6H2,1-2H3,(H2,18,19,20,21)/t11-/m0/s1. The van der Waals surface area contributed by atoms with Crippen LogP contribution in [0.25, 0.3) is 0 Å². The molecule has 5 nitrogen and oxygen atoms in total. The maximum absolute atomic E-state index is 12.0. The molecule has 2 rings (SSSR count). The Morgan fingerprint density at radius 1 is 1.32 bits per heavy atom. The Morgan fingerprint density at radius 2 is 2.00 bits per heavy atom. The van der Waals surface area contributed by atoms with Crippen molar-refractivity contribution in [1.82, 2.24) is 10.6 Å². The molecule has 0 saturated heterocycles. The molecule has 22 heavy (non-hydrogen) atoms. The molecule has 0 unspecified atom stereocenters. The van der Waals surface area contributed by atoms with Gasteiger partial charge in [0, 0.05) is 6.04 Å². The van der Waals surface area contributed by atoms with Crippen LogP contribution in [0.5, 0.6) is 5.75 Å². The Balaban J connectivity index is 1.84. The number of urea groups is 1. The molecule has 3 amide bonds. The molecule has 1 aromatic rings. The smallest absolute Gasteiger partial charge is 0.321 e. The number of halogens is 1. The summed E-state index contributed by atoms with van der Waals surface area (Å²) in [6.45, 7) is 3.59. The summed E-state index contributed by atoms with van der Waals surface area (Å²) in [4.78, 5) is 23.8. The quantitative estimate of drug-likeness (QED) is 0.856. The Morgan fingerprint density at radius 3 is 2.64 bits per heavy atom. The molecule has 120 valence electrons. The van der Waals surface area contributed by atoms with Gasteiger partial charge >= 0.3 is 6.03 Å². The second-order valence-electron chi connectivity index (χ2n) is 5.64. The van der Waals surface area contributed by atoms with E-state index in [1.165, 1.54) is 0 Å². The van der Waals surface area contributed by atoms with E-state index in [0.717, 1.165) is 35.7 Å². The van der Waals surface area contributed by atoms with Crippen LogP contribution in [-0.4, -0.2) is 24.1 Å². The largest absolute Gasteiger partial charge is 0.480 e. The molecule has 1 aromatic carbocycles. The number of imide groups is 1. The lowest BCUT2D eigenvalue weighted by atomic mass is 10.2. The van der Waals surface area contributed by atoms with Crippen LogP contribution in [0.2, 0.25) is 0 Å². The predicted molar refractivity (Wildman–Crippen MR) is 87.9 cm³/mol. The van der Waals surface area contributed by atoms with Crippen LogP contribution in [0.1, 0.15) is 38.2 Å². The van der Waals surface area contributed by atoms with Crippen molar-refractivity contribution >= 4 is 27.9 Å². The van der Waals surface area contributed by atoms with Crippen molar-refractivity contribution < 1.29 is 14.3 Å². The van der Waals surface area contributed by atoms with Crippen LogP contribution in [0.4, 0.5) is 4.79 Å². The second-order valence-corrected chi connectivity index (χ2v) is 6.49. The molecule has 0 radical (unpaired) electrons. The van der Waals surface area contributed by atoms with Gasteiger partial charge in [-0.05, 0) is 60.3 Å². The molecule has 0 aliphatic heterocycles. The zero-order valence-electron chi connectivity index (χ0n) is 12.8. The summed E-state index contributed by atoms with van der Waals surface area (Å²) in [5.74, 6) is 0.118. The SMILES string of the molecule is Cc1ccc(O[C@@H](C)C(=O)NC(=O)NC2CCCC2)c(Br)c1. The third-order valence-electron chi connectivity index (χ3n) is 3.69. The van der Waals surface area contributed by atoms with Crippen molar-refractivity contribution in [1.29, 1.82) is 0 Å². The molecule has 0 aromatic heterocycles. The van der Waals surface area contributed by atoms with Crippen LogP contribution >= 0.6 is 15.9 Å². The van der Waals surface area contributed by atoms with Crippen LogP contribution in [0.3, 0.4) is 0 Å². The van der Waals surface area contributed by atoms with Crippen molar-refractivity contribution in [3.8, 4) is 5.75 Å². The number of amides is 3. The van der Waals surface area contributed by atoms with Gasteiger partial charge in [0.05, 0.1) is 4.47 Å². The minimum absolute atomic E-state index is 0.176. The number of nitrogens with one attached hydrogen (secondary N) is 2. The summed E-state index contributed by atoms with van der Waals surface area (Å²) >= 11 is 3.40. The number of hydrogen-bond acceptors (Lipinski definition) is 3. The first-order chi connectivity index (χ1) is 10.5. The van der Waals surface area contributed by atoms with E-state index in [9.17, 15) is 9.59 Å². The second kappa shape index (κ2) is 7.63. The molecule has 1 aliphatic carbocycles. The Hall–Kier alpha value is -1.56. The highest BCUT2D eigenvalue weighted by atomic mass is 79.9. The fourth-order valence-corrected chi connectivity index (χ4v) is 3.04. The van der Waals surface area contributed by atoms with Gasteiger partial charge in [-0.3, -0.25) is 10.1 Å².